The van der Waals surface area contributed by atoms with Crippen molar-refractivity contribution in [3.05, 3.63) is 40.9 Å². The fourth-order valence-electron chi connectivity index (χ4n) is 1.04. The Morgan fingerprint density at radius 1 is 1.31 bits per heavy atom. The molecule has 3 nitrogen and oxygen atoms in total. The third-order valence-corrected chi connectivity index (χ3v) is 2.13. The average molecular weight is 239 g/mol. The second kappa shape index (κ2) is 6.08. The molecule has 0 aliphatic carbocycles. The van der Waals surface area contributed by atoms with Crippen LogP contribution >= 0.6 is 11.6 Å². The number of carbonyl (C=O) groups excluding carboxylic acids is 2. The number of benzene rings is 1. The summed E-state index contributed by atoms with van der Waals surface area (Å²) in [5.74, 6) is -0.826. The first-order valence-electron chi connectivity index (χ1n) is 4.65. The van der Waals surface area contributed by atoms with Crippen LogP contribution in [-0.2, 0) is 14.3 Å². The zero-order valence-electron chi connectivity index (χ0n) is 8.77. The van der Waals surface area contributed by atoms with Crippen LogP contribution in [0.4, 0.5) is 0 Å². The first-order valence-corrected chi connectivity index (χ1v) is 5.03. The predicted molar refractivity (Wildman–Crippen MR) is 62.1 cm³/mol. The first-order chi connectivity index (χ1) is 7.61. The van der Waals surface area contributed by atoms with Gasteiger partial charge in [0, 0.05) is 5.02 Å². The van der Waals surface area contributed by atoms with Crippen molar-refractivity contribution in [2.24, 2.45) is 0 Å². The van der Waals surface area contributed by atoms with E-state index in [4.69, 9.17) is 11.6 Å². The van der Waals surface area contributed by atoms with Gasteiger partial charge in [-0.3, -0.25) is 9.59 Å². The van der Waals surface area contributed by atoms with Gasteiger partial charge in [-0.15, -0.1) is 0 Å². The summed E-state index contributed by atoms with van der Waals surface area (Å²) in [6, 6.07) is 7.02. The van der Waals surface area contributed by atoms with E-state index in [1.54, 1.807) is 30.3 Å². The first kappa shape index (κ1) is 12.5. The van der Waals surface area contributed by atoms with Gasteiger partial charge in [0.05, 0.1) is 7.11 Å². The van der Waals surface area contributed by atoms with Crippen LogP contribution < -0.4 is 0 Å². The number of halogens is 1. The monoisotopic (exact) mass is 238 g/mol. The van der Waals surface area contributed by atoms with Gasteiger partial charge in [0.1, 0.15) is 6.42 Å². The summed E-state index contributed by atoms with van der Waals surface area (Å²) in [5, 5.41) is 0.637. The Labute approximate surface area is 98.7 Å². The maximum absolute atomic E-state index is 11.2. The molecule has 0 fully saturated rings. The van der Waals surface area contributed by atoms with Gasteiger partial charge in [-0.25, -0.2) is 0 Å². The highest BCUT2D eigenvalue weighted by molar-refractivity contribution is 6.30. The van der Waals surface area contributed by atoms with Crippen molar-refractivity contribution in [2.45, 2.75) is 6.42 Å². The van der Waals surface area contributed by atoms with Gasteiger partial charge in [0.25, 0.3) is 0 Å². The highest BCUT2D eigenvalue weighted by atomic mass is 35.5. The number of ether oxygens (including phenoxy) is 1. The van der Waals surface area contributed by atoms with E-state index >= 15 is 0 Å². The van der Waals surface area contributed by atoms with Crippen LogP contribution in [0.15, 0.2) is 30.3 Å². The Hall–Kier alpha value is -1.61. The minimum atomic E-state index is -0.536. The molecule has 0 heterocycles. The molecule has 0 amide bonds. The summed E-state index contributed by atoms with van der Waals surface area (Å²) in [4.78, 5) is 22.0. The van der Waals surface area contributed by atoms with Crippen LogP contribution in [0.1, 0.15) is 12.0 Å². The van der Waals surface area contributed by atoms with Crippen LogP contribution in [0, 0.1) is 0 Å². The molecule has 0 radical (unpaired) electrons. The van der Waals surface area contributed by atoms with Gasteiger partial charge >= 0.3 is 5.97 Å². The lowest BCUT2D eigenvalue weighted by Gasteiger charge is -1.95. The van der Waals surface area contributed by atoms with Crippen molar-refractivity contribution in [1.29, 1.82) is 0 Å². The number of carbonyl (C=O) groups is 2. The van der Waals surface area contributed by atoms with Crippen molar-refractivity contribution < 1.29 is 14.3 Å². The fraction of sp³-hybridized carbons (Fsp3) is 0.167. The third kappa shape index (κ3) is 4.28. The standard InChI is InChI=1S/C12H11ClO3/c1-16-12(15)8-11(14)7-4-9-2-5-10(13)6-3-9/h2-7H,8H2,1H3. The maximum Gasteiger partial charge on any atom is 0.313 e. The summed E-state index contributed by atoms with van der Waals surface area (Å²) in [6.45, 7) is 0. The summed E-state index contributed by atoms with van der Waals surface area (Å²) < 4.78 is 4.38. The number of allylic oxidation sites excluding steroid dienone is 1. The summed E-state index contributed by atoms with van der Waals surface area (Å²) in [7, 11) is 1.25. The lowest BCUT2D eigenvalue weighted by molar-refractivity contribution is -0.142. The Morgan fingerprint density at radius 2 is 1.94 bits per heavy atom. The fourth-order valence-corrected chi connectivity index (χ4v) is 1.16. The second-order valence-corrected chi connectivity index (χ2v) is 3.54. The molecule has 0 aliphatic heterocycles. The van der Waals surface area contributed by atoms with E-state index in [2.05, 4.69) is 4.74 Å². The molecule has 1 aromatic rings. The number of ketones is 1. The van der Waals surface area contributed by atoms with Gasteiger partial charge in [-0.2, -0.15) is 0 Å². The van der Waals surface area contributed by atoms with E-state index in [9.17, 15) is 9.59 Å². The van der Waals surface area contributed by atoms with Crippen LogP contribution in [0.3, 0.4) is 0 Å². The SMILES string of the molecule is COC(=O)CC(=O)C=Cc1ccc(Cl)cc1. The summed E-state index contributed by atoms with van der Waals surface area (Å²) in [5.41, 5.74) is 0.850. The van der Waals surface area contributed by atoms with Gasteiger partial charge in [-0.05, 0) is 23.8 Å². The molecule has 0 saturated carbocycles. The molecule has 0 spiro atoms. The number of esters is 1. The molecule has 16 heavy (non-hydrogen) atoms. The van der Waals surface area contributed by atoms with Crippen molar-refractivity contribution in [1.82, 2.24) is 0 Å². The number of rotatable bonds is 4. The molecule has 84 valence electrons. The molecule has 1 aromatic carbocycles. The third-order valence-electron chi connectivity index (χ3n) is 1.88. The molecule has 1 rings (SSSR count). The van der Waals surface area contributed by atoms with Crippen molar-refractivity contribution in [3.8, 4) is 0 Å². The topological polar surface area (TPSA) is 43.4 Å². The minimum Gasteiger partial charge on any atom is -0.469 e. The molecule has 4 heteroatoms. The van der Waals surface area contributed by atoms with Gasteiger partial charge in [0.2, 0.25) is 0 Å². The Balaban J connectivity index is 2.56. The van der Waals surface area contributed by atoms with E-state index in [0.29, 0.717) is 5.02 Å². The van der Waals surface area contributed by atoms with Gasteiger partial charge < -0.3 is 4.74 Å². The Morgan fingerprint density at radius 3 is 2.50 bits per heavy atom. The molecule has 0 N–H and O–H groups in total. The Bertz CT molecular complexity index is 407. The average Bonchev–Trinajstić information content (AvgIpc) is 2.28. The maximum atomic E-state index is 11.2. The quantitative estimate of drug-likeness (QED) is 0.460. The minimum absolute atomic E-state index is 0.236. The van der Waals surface area contributed by atoms with Crippen LogP contribution in [0.2, 0.25) is 5.02 Å². The predicted octanol–water partition coefficient (Wildman–Crippen LogP) is 2.49. The molecular weight excluding hydrogens is 228 g/mol. The normalized spacial score (nSPS) is 10.4. The molecule has 0 aromatic heterocycles. The molecule has 0 unspecified atom stereocenters. The van der Waals surface area contributed by atoms with Crippen molar-refractivity contribution >= 4 is 29.4 Å². The van der Waals surface area contributed by atoms with E-state index in [1.807, 2.05) is 0 Å². The van der Waals surface area contributed by atoms with E-state index < -0.39 is 5.97 Å². The van der Waals surface area contributed by atoms with Crippen LogP contribution in [-0.4, -0.2) is 18.9 Å². The van der Waals surface area contributed by atoms with Crippen molar-refractivity contribution in [2.75, 3.05) is 7.11 Å². The molecule has 0 saturated heterocycles. The number of hydrogen-bond donors (Lipinski definition) is 0. The largest absolute Gasteiger partial charge is 0.469 e. The molecule has 0 atom stereocenters. The highest BCUT2D eigenvalue weighted by Crippen LogP contribution is 2.10. The van der Waals surface area contributed by atoms with Crippen LogP contribution in [0.25, 0.3) is 6.08 Å². The molecular formula is C12H11ClO3. The lowest BCUT2D eigenvalue weighted by atomic mass is 10.2. The molecule has 0 bridgehead atoms. The zero-order chi connectivity index (χ0) is 12.0. The summed E-state index contributed by atoms with van der Waals surface area (Å²) >= 11 is 5.71. The smallest absolute Gasteiger partial charge is 0.313 e. The lowest BCUT2D eigenvalue weighted by Crippen LogP contribution is -2.06. The number of hydrogen-bond acceptors (Lipinski definition) is 3. The van der Waals surface area contributed by atoms with E-state index in [-0.39, 0.29) is 12.2 Å². The van der Waals surface area contributed by atoms with E-state index in [1.165, 1.54) is 13.2 Å². The van der Waals surface area contributed by atoms with E-state index in [0.717, 1.165) is 5.56 Å². The molecule has 0 aliphatic rings. The summed E-state index contributed by atoms with van der Waals surface area (Å²) in [6.07, 6.45) is 2.74. The van der Waals surface area contributed by atoms with Gasteiger partial charge in [-0.1, -0.05) is 29.8 Å². The van der Waals surface area contributed by atoms with Gasteiger partial charge in [0.15, 0.2) is 5.78 Å². The van der Waals surface area contributed by atoms with Crippen molar-refractivity contribution in [3.63, 3.8) is 0 Å². The second-order valence-electron chi connectivity index (χ2n) is 3.10. The number of methoxy groups -OCH3 is 1. The zero-order valence-corrected chi connectivity index (χ0v) is 9.53. The van der Waals surface area contributed by atoms with Crippen LogP contribution in [0.5, 0.6) is 0 Å². The Kier molecular flexibility index (Phi) is 4.73. The highest BCUT2D eigenvalue weighted by Gasteiger charge is 2.05.